The van der Waals surface area contributed by atoms with E-state index in [4.69, 9.17) is 9.47 Å². The fourth-order valence-corrected chi connectivity index (χ4v) is 3.68. The number of rotatable bonds is 9. The van der Waals surface area contributed by atoms with Gasteiger partial charge in [0.2, 0.25) is 5.91 Å². The van der Waals surface area contributed by atoms with E-state index in [1.807, 2.05) is 0 Å². The van der Waals surface area contributed by atoms with E-state index in [-0.39, 0.29) is 12.4 Å². The molecule has 10 heteroatoms. The molecule has 0 aliphatic heterocycles. The van der Waals surface area contributed by atoms with Crippen molar-refractivity contribution in [3.8, 4) is 17.2 Å². The Morgan fingerprint density at radius 3 is 2.35 bits per heavy atom. The van der Waals surface area contributed by atoms with Crippen LogP contribution < -0.4 is 19.5 Å². The quantitative estimate of drug-likeness (QED) is 0.507. The number of methoxy groups -OCH3 is 1. The maximum absolute atomic E-state index is 12.3. The molecular formula is C24H24F3NO6. The number of carbonyl (C=O) groups excluding carboxylic acids is 1. The molecule has 1 fully saturated rings. The van der Waals surface area contributed by atoms with Gasteiger partial charge in [-0.3, -0.25) is 4.79 Å². The lowest BCUT2D eigenvalue weighted by molar-refractivity contribution is -0.274. The number of benzene rings is 2. The summed E-state index contributed by atoms with van der Waals surface area (Å²) in [6, 6.07) is 10.3. The van der Waals surface area contributed by atoms with Crippen LogP contribution >= 0.6 is 0 Å². The number of hydrogen-bond acceptors (Lipinski definition) is 5. The van der Waals surface area contributed by atoms with Crippen molar-refractivity contribution in [1.29, 1.82) is 0 Å². The van der Waals surface area contributed by atoms with Gasteiger partial charge in [0.05, 0.1) is 7.11 Å². The maximum atomic E-state index is 12.3. The normalized spacial score (nSPS) is 15.2. The highest BCUT2D eigenvalue weighted by Gasteiger charge is 2.42. The van der Waals surface area contributed by atoms with E-state index in [0.29, 0.717) is 35.5 Å². The summed E-state index contributed by atoms with van der Waals surface area (Å²) in [6.07, 6.45) is 0.353. The number of ether oxygens (including phenoxy) is 3. The van der Waals surface area contributed by atoms with E-state index in [2.05, 4.69) is 10.1 Å². The molecule has 1 saturated carbocycles. The number of carboxylic acid groups (broad SMARTS) is 1. The Morgan fingerprint density at radius 2 is 1.76 bits per heavy atom. The molecule has 2 aromatic rings. The van der Waals surface area contributed by atoms with Gasteiger partial charge in [-0.15, -0.1) is 13.2 Å². The van der Waals surface area contributed by atoms with Crippen LogP contribution in [-0.4, -0.2) is 36.0 Å². The van der Waals surface area contributed by atoms with Gasteiger partial charge in [-0.2, -0.15) is 0 Å². The number of carbonyl (C=O) groups is 2. The number of aliphatic carboxylic acids is 1. The van der Waals surface area contributed by atoms with E-state index in [1.54, 1.807) is 18.2 Å². The molecule has 0 saturated heterocycles. The zero-order valence-electron chi connectivity index (χ0n) is 18.4. The second-order valence-electron chi connectivity index (χ2n) is 7.81. The van der Waals surface area contributed by atoms with Gasteiger partial charge in [0.25, 0.3) is 0 Å². The topological polar surface area (TPSA) is 94.1 Å². The minimum absolute atomic E-state index is 0.0809. The van der Waals surface area contributed by atoms with Gasteiger partial charge in [-0.05, 0) is 54.3 Å². The summed E-state index contributed by atoms with van der Waals surface area (Å²) in [5.74, 6) is -1.07. The van der Waals surface area contributed by atoms with Crippen molar-refractivity contribution in [2.75, 3.05) is 7.11 Å². The second kappa shape index (κ2) is 10.5. The van der Waals surface area contributed by atoms with E-state index in [0.717, 1.165) is 12.8 Å². The Hall–Kier alpha value is -3.69. The summed E-state index contributed by atoms with van der Waals surface area (Å²) < 4.78 is 51.6. The Labute approximate surface area is 194 Å². The SMILES string of the molecule is COc1cc(/C=C/C(=O)NC2(C(=O)O)CCCC2)ccc1OCc1ccc(OC(F)(F)F)cc1. The average molecular weight is 479 g/mol. The van der Waals surface area contributed by atoms with E-state index >= 15 is 0 Å². The van der Waals surface area contributed by atoms with Crippen molar-refractivity contribution >= 4 is 18.0 Å². The number of alkyl halides is 3. The predicted octanol–water partition coefficient (Wildman–Crippen LogP) is 4.70. The smallest absolute Gasteiger partial charge is 0.493 e. The Bertz CT molecular complexity index is 1040. The molecule has 182 valence electrons. The summed E-state index contributed by atoms with van der Waals surface area (Å²) in [5.41, 5.74) is 0.0359. The van der Waals surface area contributed by atoms with Crippen LogP contribution in [0.25, 0.3) is 6.08 Å². The predicted molar refractivity (Wildman–Crippen MR) is 116 cm³/mol. The highest BCUT2D eigenvalue weighted by molar-refractivity contribution is 5.96. The zero-order chi connectivity index (χ0) is 24.8. The van der Waals surface area contributed by atoms with Crippen LogP contribution in [0.2, 0.25) is 0 Å². The molecule has 1 amide bonds. The molecule has 3 rings (SSSR count). The molecular weight excluding hydrogens is 455 g/mol. The monoisotopic (exact) mass is 479 g/mol. The van der Waals surface area contributed by atoms with Gasteiger partial charge in [0.15, 0.2) is 11.5 Å². The van der Waals surface area contributed by atoms with Crippen LogP contribution in [0.1, 0.15) is 36.8 Å². The molecule has 0 radical (unpaired) electrons. The average Bonchev–Trinajstić information content (AvgIpc) is 3.26. The second-order valence-corrected chi connectivity index (χ2v) is 7.81. The van der Waals surface area contributed by atoms with Gasteiger partial charge in [0, 0.05) is 6.08 Å². The molecule has 0 atom stereocenters. The fraction of sp³-hybridized carbons (Fsp3) is 0.333. The third kappa shape index (κ3) is 6.66. The first-order valence-corrected chi connectivity index (χ1v) is 10.5. The number of amides is 1. The van der Waals surface area contributed by atoms with Crippen LogP contribution in [0.3, 0.4) is 0 Å². The van der Waals surface area contributed by atoms with Crippen molar-refractivity contribution in [3.63, 3.8) is 0 Å². The molecule has 34 heavy (non-hydrogen) atoms. The molecule has 0 spiro atoms. The molecule has 0 aromatic heterocycles. The van der Waals surface area contributed by atoms with Crippen LogP contribution in [0, 0.1) is 0 Å². The molecule has 0 heterocycles. The fourth-order valence-electron chi connectivity index (χ4n) is 3.68. The minimum Gasteiger partial charge on any atom is -0.493 e. The lowest BCUT2D eigenvalue weighted by atomic mass is 9.98. The van der Waals surface area contributed by atoms with E-state index in [1.165, 1.54) is 43.5 Å². The van der Waals surface area contributed by atoms with Gasteiger partial charge in [-0.25, -0.2) is 4.79 Å². The van der Waals surface area contributed by atoms with E-state index in [9.17, 15) is 27.9 Å². The van der Waals surface area contributed by atoms with Crippen LogP contribution in [0.15, 0.2) is 48.5 Å². The lowest BCUT2D eigenvalue weighted by Crippen LogP contribution is -2.52. The van der Waals surface area contributed by atoms with Crippen molar-refractivity contribution < 1.29 is 42.1 Å². The van der Waals surface area contributed by atoms with Gasteiger partial charge >= 0.3 is 12.3 Å². The molecule has 0 bridgehead atoms. The number of carboxylic acids is 1. The minimum atomic E-state index is -4.75. The third-order valence-electron chi connectivity index (χ3n) is 5.40. The number of hydrogen-bond donors (Lipinski definition) is 2. The van der Waals surface area contributed by atoms with Gasteiger partial charge in [0.1, 0.15) is 17.9 Å². The molecule has 1 aliphatic rings. The maximum Gasteiger partial charge on any atom is 0.573 e. The van der Waals surface area contributed by atoms with Crippen molar-refractivity contribution in [3.05, 3.63) is 59.7 Å². The summed E-state index contributed by atoms with van der Waals surface area (Å²) >= 11 is 0. The first-order chi connectivity index (χ1) is 16.1. The zero-order valence-corrected chi connectivity index (χ0v) is 18.4. The Balaban J connectivity index is 1.60. The summed E-state index contributed by atoms with van der Waals surface area (Å²) in [7, 11) is 1.45. The standard InChI is InChI=1S/C24H24F3NO6/c1-32-20-14-16(7-11-21(29)28-23(22(30)31)12-2-3-13-23)6-10-19(20)33-15-17-4-8-18(9-5-17)34-24(25,26)27/h4-11,14H,2-3,12-13,15H2,1H3,(H,28,29)(H,30,31)/b11-7+. The third-order valence-corrected chi connectivity index (χ3v) is 5.40. The molecule has 2 aromatic carbocycles. The largest absolute Gasteiger partial charge is 0.573 e. The van der Waals surface area contributed by atoms with E-state index < -0.39 is 23.8 Å². The lowest BCUT2D eigenvalue weighted by Gasteiger charge is -2.24. The summed E-state index contributed by atoms with van der Waals surface area (Å²) in [4.78, 5) is 23.8. The highest BCUT2D eigenvalue weighted by atomic mass is 19.4. The molecule has 7 nitrogen and oxygen atoms in total. The van der Waals surface area contributed by atoms with Crippen LogP contribution in [-0.2, 0) is 16.2 Å². The van der Waals surface area contributed by atoms with Crippen molar-refractivity contribution in [2.45, 2.75) is 44.2 Å². The molecule has 1 aliphatic carbocycles. The summed E-state index contributed by atoms with van der Waals surface area (Å²) in [5, 5.41) is 12.1. The highest BCUT2D eigenvalue weighted by Crippen LogP contribution is 2.31. The Kier molecular flexibility index (Phi) is 7.70. The first-order valence-electron chi connectivity index (χ1n) is 10.5. The van der Waals surface area contributed by atoms with Crippen LogP contribution in [0.4, 0.5) is 13.2 Å². The number of nitrogens with one attached hydrogen (secondary N) is 1. The molecule has 2 N–H and O–H groups in total. The van der Waals surface area contributed by atoms with Gasteiger partial charge in [-0.1, -0.05) is 31.0 Å². The Morgan fingerprint density at radius 1 is 1.09 bits per heavy atom. The molecule has 0 unspecified atom stereocenters. The summed E-state index contributed by atoms with van der Waals surface area (Å²) in [6.45, 7) is 0.0809. The van der Waals surface area contributed by atoms with Crippen LogP contribution in [0.5, 0.6) is 17.2 Å². The number of halogens is 3. The van der Waals surface area contributed by atoms with Crippen molar-refractivity contribution in [1.82, 2.24) is 5.32 Å². The van der Waals surface area contributed by atoms with Gasteiger partial charge < -0.3 is 24.6 Å². The van der Waals surface area contributed by atoms with Crippen molar-refractivity contribution in [2.24, 2.45) is 0 Å². The first kappa shape index (κ1) is 24.9.